The van der Waals surface area contributed by atoms with Crippen LogP contribution in [-0.2, 0) is 40.8 Å². The number of hydrogen-bond donors (Lipinski definition) is 0. The zero-order chi connectivity index (χ0) is 29.5. The number of hydrogen-bond acceptors (Lipinski definition) is 9. The van der Waals surface area contributed by atoms with Gasteiger partial charge in [0.1, 0.15) is 5.66 Å². The van der Waals surface area contributed by atoms with Crippen LogP contribution in [-0.4, -0.2) is 42.0 Å². The Morgan fingerprint density at radius 3 is 0.974 bits per heavy atom. The largest absolute Gasteiger partial charge is 0.347 e. The first-order valence-electron chi connectivity index (χ1n) is 13.3. The molecular weight excluding hydrogens is 549 g/mol. The molecule has 1 aromatic carbocycles. The molecule has 0 amide bonds. The predicted octanol–water partition coefficient (Wildman–Crippen LogP) is 9.18. The van der Waals surface area contributed by atoms with E-state index in [1.54, 1.807) is 113 Å². The van der Waals surface area contributed by atoms with Gasteiger partial charge in [0, 0.05) is 0 Å². The highest BCUT2D eigenvalue weighted by atomic mass is 31.2. The molecule has 38 heavy (non-hydrogen) atoms. The maximum Gasteiger partial charge on any atom is 0.347 e. The van der Waals surface area contributed by atoms with E-state index in [1.165, 1.54) is 0 Å². The summed E-state index contributed by atoms with van der Waals surface area (Å²) in [5.41, 5.74) is -0.956. The lowest BCUT2D eigenvalue weighted by Gasteiger charge is -2.41. The molecule has 12 heteroatoms. The molecular formula is C26H49O9P3. The average Bonchev–Trinajstić information content (AvgIpc) is 2.68. The van der Waals surface area contributed by atoms with E-state index in [0.29, 0.717) is 5.56 Å². The topological polar surface area (TPSA) is 107 Å². The molecule has 0 radical (unpaired) electrons. The van der Waals surface area contributed by atoms with Crippen LogP contribution in [0.25, 0.3) is 0 Å². The van der Waals surface area contributed by atoms with E-state index in [4.69, 9.17) is 27.1 Å². The van der Waals surface area contributed by atoms with Gasteiger partial charge in [0.05, 0.1) is 36.6 Å². The summed E-state index contributed by atoms with van der Waals surface area (Å²) in [6.07, 6.45) is -3.47. The van der Waals surface area contributed by atoms with E-state index in [2.05, 4.69) is 0 Å². The predicted molar refractivity (Wildman–Crippen MR) is 153 cm³/mol. The maximum atomic E-state index is 15.0. The van der Waals surface area contributed by atoms with Gasteiger partial charge in [-0.15, -0.1) is 0 Å². The lowest BCUT2D eigenvalue weighted by atomic mass is 10.2. The van der Waals surface area contributed by atoms with Crippen molar-refractivity contribution in [2.75, 3.05) is 0 Å². The summed E-state index contributed by atoms with van der Waals surface area (Å²) in [7, 11) is -13.1. The zero-order valence-electron chi connectivity index (χ0n) is 25.0. The summed E-state index contributed by atoms with van der Waals surface area (Å²) in [6, 6.07) is 8.66. The molecule has 0 fully saturated rings. The smallest absolute Gasteiger partial charge is 0.305 e. The highest BCUT2D eigenvalue weighted by Crippen LogP contribution is 2.81. The first-order valence-corrected chi connectivity index (χ1v) is 18.1. The van der Waals surface area contributed by atoms with Crippen molar-refractivity contribution in [3.63, 3.8) is 0 Å². The first kappa shape index (κ1) is 35.7. The average molecular weight is 599 g/mol. The number of rotatable bonds is 17. The van der Waals surface area contributed by atoms with Crippen molar-refractivity contribution in [2.24, 2.45) is 0 Å². The Morgan fingerprint density at radius 1 is 0.447 bits per heavy atom. The van der Waals surface area contributed by atoms with E-state index in [9.17, 15) is 13.7 Å². The quantitative estimate of drug-likeness (QED) is 0.162. The van der Waals surface area contributed by atoms with Crippen molar-refractivity contribution >= 4 is 22.8 Å². The second-order valence-electron chi connectivity index (χ2n) is 10.8. The summed E-state index contributed by atoms with van der Waals surface area (Å²) >= 11 is 0. The van der Waals surface area contributed by atoms with E-state index in [0.717, 1.165) is 0 Å². The first-order chi connectivity index (χ1) is 17.3. The summed E-state index contributed by atoms with van der Waals surface area (Å²) in [4.78, 5) is 0. The molecule has 1 aromatic rings. The summed E-state index contributed by atoms with van der Waals surface area (Å²) in [5, 5.41) is -1.67. The number of benzene rings is 1. The molecule has 1 rings (SSSR count). The van der Waals surface area contributed by atoms with Gasteiger partial charge in [-0.3, -0.25) is 13.7 Å². The molecule has 0 aliphatic heterocycles. The molecule has 1 unspecified atom stereocenters. The molecule has 0 heterocycles. The van der Waals surface area contributed by atoms with Gasteiger partial charge in [-0.25, -0.2) is 0 Å². The zero-order valence-corrected chi connectivity index (χ0v) is 27.7. The Balaban J connectivity index is 4.30. The van der Waals surface area contributed by atoms with Crippen LogP contribution in [0.1, 0.15) is 94.3 Å². The van der Waals surface area contributed by atoms with E-state index >= 15 is 0 Å². The van der Waals surface area contributed by atoms with Gasteiger partial charge in [-0.05, 0) is 88.6 Å². The lowest BCUT2D eigenvalue weighted by Crippen LogP contribution is -2.30. The van der Waals surface area contributed by atoms with Crippen LogP contribution < -0.4 is 0 Å². The minimum atomic E-state index is -4.43. The van der Waals surface area contributed by atoms with Crippen LogP contribution in [0.4, 0.5) is 0 Å². The minimum Gasteiger partial charge on any atom is -0.305 e. The Morgan fingerprint density at radius 2 is 0.711 bits per heavy atom. The third-order valence-electron chi connectivity index (χ3n) is 4.56. The van der Waals surface area contributed by atoms with Crippen molar-refractivity contribution < 1.29 is 40.8 Å². The minimum absolute atomic E-state index is 0.419. The van der Waals surface area contributed by atoms with Gasteiger partial charge in [-0.2, -0.15) is 0 Å². The van der Waals surface area contributed by atoms with Crippen LogP contribution in [0.5, 0.6) is 0 Å². The molecule has 0 aromatic heterocycles. The van der Waals surface area contributed by atoms with Crippen molar-refractivity contribution in [2.45, 2.75) is 131 Å². The highest BCUT2D eigenvalue weighted by Gasteiger charge is 2.63. The summed E-state index contributed by atoms with van der Waals surface area (Å²) in [6.45, 7) is 20.4. The third-order valence-corrected chi connectivity index (χ3v) is 14.2. The standard InChI is InChI=1S/C26H49O9P3/c1-18(2)30-36(27,31-19(3)4)25(24-16-14-13-15-17-24)26(37(28,32-20(5)6)33-21(7)8)38(29,34-22(9)10)35-23(11)12/h13-23,25-26H,1-12H3. The van der Waals surface area contributed by atoms with Gasteiger partial charge < -0.3 is 27.1 Å². The third kappa shape index (κ3) is 10.6. The van der Waals surface area contributed by atoms with E-state index in [-0.39, 0.29) is 0 Å². The molecule has 0 bridgehead atoms. The fraction of sp³-hybridized carbons (Fsp3) is 0.769. The van der Waals surface area contributed by atoms with Gasteiger partial charge in [0.15, 0.2) is 5.40 Å². The van der Waals surface area contributed by atoms with E-state index < -0.39 is 70.5 Å². The molecule has 0 N–H and O–H groups in total. The molecule has 0 saturated carbocycles. The van der Waals surface area contributed by atoms with Crippen molar-refractivity contribution in [1.82, 2.24) is 0 Å². The van der Waals surface area contributed by atoms with Gasteiger partial charge in [-0.1, -0.05) is 30.3 Å². The van der Waals surface area contributed by atoms with Crippen LogP contribution in [0, 0.1) is 0 Å². The van der Waals surface area contributed by atoms with Crippen molar-refractivity contribution in [3.05, 3.63) is 35.9 Å². The highest BCUT2D eigenvalue weighted by molar-refractivity contribution is 7.74. The molecule has 0 aliphatic carbocycles. The Bertz CT molecular complexity index is 897. The molecule has 1 atom stereocenters. The lowest BCUT2D eigenvalue weighted by molar-refractivity contribution is 0.112. The Hall–Kier alpha value is -0.330. The fourth-order valence-electron chi connectivity index (χ4n) is 3.91. The fourth-order valence-corrected chi connectivity index (χ4v) is 14.2. The van der Waals surface area contributed by atoms with Crippen LogP contribution in [0.3, 0.4) is 0 Å². The second-order valence-corrected chi connectivity index (χ2v) is 17.4. The van der Waals surface area contributed by atoms with Gasteiger partial charge >= 0.3 is 22.8 Å². The monoisotopic (exact) mass is 598 g/mol. The molecule has 222 valence electrons. The van der Waals surface area contributed by atoms with Crippen molar-refractivity contribution in [3.8, 4) is 0 Å². The van der Waals surface area contributed by atoms with Crippen LogP contribution in [0.15, 0.2) is 30.3 Å². The molecule has 9 nitrogen and oxygen atoms in total. The second kappa shape index (κ2) is 15.1. The van der Waals surface area contributed by atoms with Crippen LogP contribution >= 0.6 is 22.8 Å². The SMILES string of the molecule is CC(C)OP(=O)(OC(C)C)C(c1ccccc1)C(P(=O)(OC(C)C)OC(C)C)P(=O)(OC(C)C)OC(C)C. The van der Waals surface area contributed by atoms with E-state index in [1.807, 2.05) is 0 Å². The summed E-state index contributed by atoms with van der Waals surface area (Å²) < 4.78 is 80.9. The van der Waals surface area contributed by atoms with Crippen molar-refractivity contribution in [1.29, 1.82) is 0 Å². The summed E-state index contributed by atoms with van der Waals surface area (Å²) in [5.74, 6) is 0. The normalized spacial score (nSPS) is 14.7. The Labute approximate surface area is 230 Å². The van der Waals surface area contributed by atoms with Gasteiger partial charge in [0.25, 0.3) is 0 Å². The molecule has 0 aliphatic rings. The molecule has 0 spiro atoms. The Kier molecular flexibility index (Phi) is 14.1. The maximum absolute atomic E-state index is 15.0. The van der Waals surface area contributed by atoms with Crippen LogP contribution in [0.2, 0.25) is 0 Å². The molecule has 0 saturated heterocycles. The van der Waals surface area contributed by atoms with Gasteiger partial charge in [0.2, 0.25) is 0 Å².